The maximum Gasteiger partial charge on any atom is 0.255 e. The maximum absolute atomic E-state index is 13.6. The first-order valence-corrected chi connectivity index (χ1v) is 16.3. The molecule has 5 rings (SSSR count). The Morgan fingerprint density at radius 3 is 1.29 bits per heavy atom. The van der Waals surface area contributed by atoms with Crippen molar-refractivity contribution in [3.8, 4) is 0 Å². The largest absolute Gasteiger partial charge is 0.326 e. The number of hydrogen-bond donors (Lipinski definition) is 3. The summed E-state index contributed by atoms with van der Waals surface area (Å²) in [5.41, 5.74) is 3.31. The van der Waals surface area contributed by atoms with Gasteiger partial charge >= 0.3 is 0 Å². The van der Waals surface area contributed by atoms with E-state index in [4.69, 9.17) is 0 Å². The average Bonchev–Trinajstić information content (AvgIpc) is 3.13. The highest BCUT2D eigenvalue weighted by molar-refractivity contribution is 6.11. The van der Waals surface area contributed by atoms with Crippen LogP contribution in [0.1, 0.15) is 73.3 Å². The number of anilines is 3. The predicted molar refractivity (Wildman–Crippen MR) is 203 cm³/mol. The summed E-state index contributed by atoms with van der Waals surface area (Å²) in [7, 11) is 0. The minimum absolute atomic E-state index is 0.142. The van der Waals surface area contributed by atoms with E-state index in [2.05, 4.69) is 16.0 Å². The van der Waals surface area contributed by atoms with Crippen LogP contribution in [0.2, 0.25) is 0 Å². The Morgan fingerprint density at radius 1 is 0.451 bits per heavy atom. The lowest BCUT2D eigenvalue weighted by Crippen LogP contribution is -2.28. The predicted octanol–water partition coefficient (Wildman–Crippen LogP) is 8.97. The van der Waals surface area contributed by atoms with Gasteiger partial charge < -0.3 is 16.0 Å². The van der Waals surface area contributed by atoms with E-state index < -0.39 is 17.2 Å². The first kappa shape index (κ1) is 35.6. The molecule has 0 aliphatic rings. The Labute approximate surface area is 296 Å². The number of hydrogen-bond acceptors (Lipinski definition) is 5. The number of ketones is 2. The van der Waals surface area contributed by atoms with Gasteiger partial charge in [-0.25, -0.2) is 0 Å². The van der Waals surface area contributed by atoms with Gasteiger partial charge in [0.2, 0.25) is 5.91 Å². The lowest BCUT2D eigenvalue weighted by molar-refractivity contribution is -0.123. The quantitative estimate of drug-likeness (QED) is 0.0953. The van der Waals surface area contributed by atoms with Crippen molar-refractivity contribution in [1.29, 1.82) is 0 Å². The molecule has 0 saturated carbocycles. The van der Waals surface area contributed by atoms with Gasteiger partial charge in [-0.2, -0.15) is 0 Å². The molecule has 0 spiro atoms. The Hall–Kier alpha value is -6.67. The molecule has 0 heterocycles. The Balaban J connectivity index is 1.35. The molecule has 0 radical (unpaired) electrons. The Morgan fingerprint density at radius 2 is 0.882 bits per heavy atom. The minimum atomic E-state index is -0.730. The van der Waals surface area contributed by atoms with Crippen molar-refractivity contribution in [3.63, 3.8) is 0 Å². The van der Waals surface area contributed by atoms with Crippen LogP contribution in [-0.2, 0) is 4.79 Å². The lowest BCUT2D eigenvalue weighted by atomic mass is 9.95. The molecule has 51 heavy (non-hydrogen) atoms. The van der Waals surface area contributed by atoms with Crippen LogP contribution in [0.4, 0.5) is 17.1 Å². The van der Waals surface area contributed by atoms with E-state index in [1.165, 1.54) is 30.4 Å². The fraction of sp³-hybridized carbons (Fsp3) is 0.0930. The molecule has 0 aliphatic carbocycles. The summed E-state index contributed by atoms with van der Waals surface area (Å²) in [5.74, 6) is -1.60. The van der Waals surface area contributed by atoms with Crippen LogP contribution in [-0.4, -0.2) is 29.3 Å². The van der Waals surface area contributed by atoms with Crippen molar-refractivity contribution in [2.24, 2.45) is 5.41 Å². The molecule has 0 aromatic heterocycles. The second-order valence-corrected chi connectivity index (χ2v) is 12.8. The van der Waals surface area contributed by atoms with Crippen LogP contribution in [0.5, 0.6) is 0 Å². The number of nitrogens with one attached hydrogen (secondary N) is 3. The lowest BCUT2D eigenvalue weighted by Gasteiger charge is -2.19. The highest BCUT2D eigenvalue weighted by Gasteiger charge is 2.23. The van der Waals surface area contributed by atoms with Crippen molar-refractivity contribution in [2.75, 3.05) is 16.0 Å². The Kier molecular flexibility index (Phi) is 11.3. The van der Waals surface area contributed by atoms with Gasteiger partial charge in [0.15, 0.2) is 11.6 Å². The second kappa shape index (κ2) is 16.2. The number of amides is 3. The zero-order chi connectivity index (χ0) is 36.4. The second-order valence-electron chi connectivity index (χ2n) is 12.8. The van der Waals surface area contributed by atoms with Crippen LogP contribution in [0.15, 0.2) is 140 Å². The van der Waals surface area contributed by atoms with E-state index in [0.29, 0.717) is 33.6 Å². The van der Waals surface area contributed by atoms with Gasteiger partial charge in [-0.3, -0.25) is 24.0 Å². The van der Waals surface area contributed by atoms with Crippen LogP contribution in [0, 0.1) is 5.41 Å². The van der Waals surface area contributed by atoms with Crippen molar-refractivity contribution in [3.05, 3.63) is 173 Å². The van der Waals surface area contributed by atoms with Gasteiger partial charge in [-0.05, 0) is 65.7 Å². The number of carbonyl (C=O) groups is 5. The van der Waals surface area contributed by atoms with Crippen molar-refractivity contribution < 1.29 is 24.0 Å². The third kappa shape index (κ3) is 10.2. The fourth-order valence-electron chi connectivity index (χ4n) is 4.87. The number of rotatable bonds is 11. The number of benzene rings is 5. The number of allylic oxidation sites excluding steroid dienone is 2. The van der Waals surface area contributed by atoms with Gasteiger partial charge in [0, 0.05) is 44.7 Å². The Bertz CT molecular complexity index is 2010. The molecule has 8 heteroatoms. The van der Waals surface area contributed by atoms with Crippen LogP contribution in [0.3, 0.4) is 0 Å². The molecule has 5 aromatic carbocycles. The first-order chi connectivity index (χ1) is 24.4. The van der Waals surface area contributed by atoms with Gasteiger partial charge in [0.1, 0.15) is 0 Å². The SMILES string of the molecule is CC(C)(C)C(=O)Nc1cc(C(=O)Nc2cccc(/C=C/C(=O)c3ccccc3)c2)cc(C(=O)Nc2cccc(/C=C/C(=O)c3ccccc3)c2)c1. The van der Waals surface area contributed by atoms with Crippen LogP contribution < -0.4 is 16.0 Å². The van der Waals surface area contributed by atoms with Crippen molar-refractivity contribution in [1.82, 2.24) is 0 Å². The smallest absolute Gasteiger partial charge is 0.255 e. The molecule has 0 atom stereocenters. The van der Waals surface area contributed by atoms with Gasteiger partial charge in [0.05, 0.1) is 0 Å². The van der Waals surface area contributed by atoms with Gasteiger partial charge in [-0.1, -0.05) is 118 Å². The van der Waals surface area contributed by atoms with E-state index in [1.54, 1.807) is 118 Å². The van der Waals surface area contributed by atoms with Crippen LogP contribution in [0.25, 0.3) is 12.2 Å². The molecule has 0 bridgehead atoms. The molecule has 8 nitrogen and oxygen atoms in total. The third-order valence-corrected chi connectivity index (χ3v) is 7.66. The molecule has 254 valence electrons. The average molecular weight is 676 g/mol. The number of carbonyl (C=O) groups excluding carboxylic acids is 5. The topological polar surface area (TPSA) is 121 Å². The zero-order valence-electron chi connectivity index (χ0n) is 28.5. The maximum atomic E-state index is 13.6. The standard InChI is InChI=1S/C43H37N3O5/c1-43(2,3)42(51)46-37-27-33(40(49)44-35-18-10-12-29(24-35)20-22-38(47)31-14-6-4-7-15-31)26-34(28-37)41(50)45-36-19-11-13-30(25-36)21-23-39(48)32-16-8-5-9-17-32/h4-28H,1-3H3,(H,44,49)(H,45,50)(H,46,51)/b22-20+,23-21+. The molecular weight excluding hydrogens is 638 g/mol. The highest BCUT2D eigenvalue weighted by atomic mass is 16.2. The normalized spacial score (nSPS) is 11.3. The summed E-state index contributed by atoms with van der Waals surface area (Å²) in [6.45, 7) is 5.28. The third-order valence-electron chi connectivity index (χ3n) is 7.66. The van der Waals surface area contributed by atoms with Crippen molar-refractivity contribution >= 4 is 58.5 Å². The van der Waals surface area contributed by atoms with Gasteiger partial charge in [-0.15, -0.1) is 0 Å². The molecule has 3 N–H and O–H groups in total. The molecule has 3 amide bonds. The van der Waals surface area contributed by atoms with E-state index >= 15 is 0 Å². The molecule has 0 unspecified atom stereocenters. The molecule has 0 saturated heterocycles. The highest BCUT2D eigenvalue weighted by Crippen LogP contribution is 2.23. The summed E-state index contributed by atoms with van der Waals surface area (Å²) >= 11 is 0. The van der Waals surface area contributed by atoms with Crippen LogP contribution >= 0.6 is 0 Å². The summed E-state index contributed by atoms with van der Waals surface area (Å²) in [4.78, 5) is 65.0. The molecule has 5 aromatic rings. The van der Waals surface area contributed by atoms with E-state index in [0.717, 1.165) is 0 Å². The van der Waals surface area contributed by atoms with E-state index in [9.17, 15) is 24.0 Å². The van der Waals surface area contributed by atoms with E-state index in [1.807, 2.05) is 24.3 Å². The molecular formula is C43H37N3O5. The first-order valence-electron chi connectivity index (χ1n) is 16.3. The summed E-state index contributed by atoms with van der Waals surface area (Å²) < 4.78 is 0. The van der Waals surface area contributed by atoms with E-state index in [-0.39, 0.29) is 34.3 Å². The fourth-order valence-corrected chi connectivity index (χ4v) is 4.87. The molecule has 0 fully saturated rings. The summed E-state index contributed by atoms with van der Waals surface area (Å²) in [5, 5.41) is 8.52. The summed E-state index contributed by atoms with van der Waals surface area (Å²) in [6.07, 6.45) is 6.28. The van der Waals surface area contributed by atoms with Crippen molar-refractivity contribution in [2.45, 2.75) is 20.8 Å². The van der Waals surface area contributed by atoms with Gasteiger partial charge in [0.25, 0.3) is 11.8 Å². The summed E-state index contributed by atoms with van der Waals surface area (Å²) in [6, 6.07) is 36.3. The monoisotopic (exact) mass is 675 g/mol. The minimum Gasteiger partial charge on any atom is -0.326 e. The zero-order valence-corrected chi connectivity index (χ0v) is 28.5. The molecule has 0 aliphatic heterocycles.